The summed E-state index contributed by atoms with van der Waals surface area (Å²) in [5.74, 6) is 0.844. The van der Waals surface area contributed by atoms with Crippen LogP contribution in [0.4, 0.5) is 0 Å². The molecule has 3 heterocycles. The fourth-order valence-electron chi connectivity index (χ4n) is 7.20. The molecular weight excluding hydrogens is 560 g/mol. The molecule has 0 saturated carbocycles. The Hall–Kier alpha value is -6.13. The Bertz CT molecular complexity index is 2530. The molecule has 9 aromatic rings. The molecule has 3 aromatic heterocycles. The minimum atomic E-state index is 0.457. The van der Waals surface area contributed by atoms with Crippen LogP contribution in [0.1, 0.15) is 0 Å². The van der Waals surface area contributed by atoms with Crippen molar-refractivity contribution in [1.82, 2.24) is 13.7 Å². The van der Waals surface area contributed by atoms with Crippen molar-refractivity contribution in [3.05, 3.63) is 164 Å². The van der Waals surface area contributed by atoms with Gasteiger partial charge in [-0.2, -0.15) is 0 Å². The highest BCUT2D eigenvalue weighted by Crippen LogP contribution is 2.34. The van der Waals surface area contributed by atoms with Crippen molar-refractivity contribution in [3.63, 3.8) is 0 Å². The molecule has 9 rings (SSSR count). The van der Waals surface area contributed by atoms with Crippen molar-refractivity contribution in [2.45, 2.75) is 6.67 Å². The lowest BCUT2D eigenvalue weighted by molar-refractivity contribution is 0.788. The lowest BCUT2D eigenvalue weighted by Crippen LogP contribution is -2.12. The highest BCUT2D eigenvalue weighted by Gasteiger charge is 2.17. The van der Waals surface area contributed by atoms with Gasteiger partial charge in [-0.05, 0) is 42.5 Å². The van der Waals surface area contributed by atoms with Gasteiger partial charge < -0.3 is 9.13 Å². The van der Waals surface area contributed by atoms with Crippen molar-refractivity contribution in [3.8, 4) is 0 Å². The Kier molecular flexibility index (Phi) is 6.00. The Labute approximate surface area is 266 Å². The number of aromatic nitrogens is 3. The predicted molar refractivity (Wildman–Crippen MR) is 196 cm³/mol. The summed E-state index contributed by atoms with van der Waals surface area (Å²) in [5, 5.41) is 7.30. The van der Waals surface area contributed by atoms with Gasteiger partial charge in [-0.1, -0.05) is 116 Å². The molecule has 0 aliphatic heterocycles. The van der Waals surface area contributed by atoms with E-state index in [0.717, 1.165) is 33.6 Å². The van der Waals surface area contributed by atoms with Gasteiger partial charge >= 0.3 is 0 Å². The van der Waals surface area contributed by atoms with Gasteiger partial charge in [-0.3, -0.25) is 4.57 Å². The molecule has 0 fully saturated rings. The summed E-state index contributed by atoms with van der Waals surface area (Å²) in [4.78, 5) is 5.47. The molecule has 0 amide bonds. The first-order chi connectivity index (χ1) is 22.8. The zero-order chi connectivity index (χ0) is 30.6. The van der Waals surface area contributed by atoms with E-state index < -0.39 is 0 Å². The van der Waals surface area contributed by atoms with Crippen molar-refractivity contribution in [2.75, 3.05) is 0 Å². The van der Waals surface area contributed by atoms with Crippen LogP contribution >= 0.6 is 0 Å². The Morgan fingerprint density at radius 1 is 0.457 bits per heavy atom. The van der Waals surface area contributed by atoms with E-state index in [4.69, 9.17) is 4.99 Å². The lowest BCUT2D eigenvalue weighted by Gasteiger charge is -2.14. The van der Waals surface area contributed by atoms with Gasteiger partial charge in [0.2, 0.25) is 0 Å². The van der Waals surface area contributed by atoms with Gasteiger partial charge in [0.05, 0.1) is 33.1 Å². The molecule has 0 aliphatic carbocycles. The first-order valence-corrected chi connectivity index (χ1v) is 15.6. The first-order valence-electron chi connectivity index (χ1n) is 15.6. The smallest absolute Gasteiger partial charge is 0.136 e. The van der Waals surface area contributed by atoms with Crippen LogP contribution in [0.15, 0.2) is 169 Å². The van der Waals surface area contributed by atoms with Crippen LogP contribution in [0, 0.1) is 0 Å². The summed E-state index contributed by atoms with van der Waals surface area (Å²) < 4.78 is 6.93. The van der Waals surface area contributed by atoms with E-state index in [0.29, 0.717) is 6.67 Å². The molecule has 0 N–H and O–H groups in total. The quantitative estimate of drug-likeness (QED) is 0.108. The summed E-state index contributed by atoms with van der Waals surface area (Å²) in [6, 6.07) is 51.6. The number of benzene rings is 6. The summed E-state index contributed by atoms with van der Waals surface area (Å²) in [6.07, 6.45) is 4.14. The summed E-state index contributed by atoms with van der Waals surface area (Å²) in [5.41, 5.74) is 7.81. The molecule has 0 saturated heterocycles. The van der Waals surface area contributed by atoms with E-state index in [2.05, 4.69) is 172 Å². The molecule has 218 valence electrons. The molecule has 0 radical (unpaired) electrons. The van der Waals surface area contributed by atoms with E-state index in [1.165, 1.54) is 43.4 Å². The van der Waals surface area contributed by atoms with Crippen LogP contribution in [0.3, 0.4) is 0 Å². The number of aliphatic imine (C=N–C) groups is 1. The van der Waals surface area contributed by atoms with Gasteiger partial charge in [0.1, 0.15) is 12.5 Å². The van der Waals surface area contributed by atoms with E-state index in [9.17, 15) is 0 Å². The summed E-state index contributed by atoms with van der Waals surface area (Å²) in [6.45, 7) is 4.78. The van der Waals surface area contributed by atoms with Gasteiger partial charge in [0.15, 0.2) is 0 Å². The predicted octanol–water partition coefficient (Wildman–Crippen LogP) is 10.6. The van der Waals surface area contributed by atoms with E-state index in [1.807, 2.05) is 6.08 Å². The minimum absolute atomic E-state index is 0.457. The molecule has 4 heteroatoms. The van der Waals surface area contributed by atoms with Crippen molar-refractivity contribution in [2.24, 2.45) is 4.99 Å². The van der Waals surface area contributed by atoms with Gasteiger partial charge in [0.25, 0.3) is 0 Å². The van der Waals surface area contributed by atoms with Crippen LogP contribution in [0.25, 0.3) is 71.1 Å². The van der Waals surface area contributed by atoms with Crippen LogP contribution < -0.4 is 0 Å². The number of hydrogen-bond acceptors (Lipinski definition) is 1. The van der Waals surface area contributed by atoms with Gasteiger partial charge in [-0.25, -0.2) is 4.99 Å². The number of nitrogens with zero attached hydrogens (tertiary/aromatic N) is 4. The molecular formula is C42H30N4. The number of fused-ring (bicyclic) bond motifs is 9. The maximum absolute atomic E-state index is 5.47. The molecule has 6 aromatic carbocycles. The normalized spacial score (nSPS) is 12.8. The molecule has 0 atom stereocenters. The monoisotopic (exact) mass is 590 g/mol. The lowest BCUT2D eigenvalue weighted by atomic mass is 10.2. The third kappa shape index (κ3) is 3.90. The van der Waals surface area contributed by atoms with Gasteiger partial charge in [-0.15, -0.1) is 0 Å². The first kappa shape index (κ1) is 26.3. The fraction of sp³-hybridized carbons (Fsp3) is 0.0238. The fourth-order valence-corrected chi connectivity index (χ4v) is 7.20. The van der Waals surface area contributed by atoms with Crippen LogP contribution in [0.2, 0.25) is 0 Å². The second-order valence-corrected chi connectivity index (χ2v) is 11.6. The molecule has 0 bridgehead atoms. The number of hydrogen-bond donors (Lipinski definition) is 0. The number of rotatable bonds is 5. The third-order valence-corrected chi connectivity index (χ3v) is 9.19. The minimum Gasteiger partial charge on any atom is -0.320 e. The highest BCUT2D eigenvalue weighted by atomic mass is 15.1. The van der Waals surface area contributed by atoms with E-state index in [1.54, 1.807) is 0 Å². The summed E-state index contributed by atoms with van der Waals surface area (Å²) in [7, 11) is 0. The Morgan fingerprint density at radius 2 is 0.783 bits per heavy atom. The van der Waals surface area contributed by atoms with Crippen molar-refractivity contribution < 1.29 is 0 Å². The van der Waals surface area contributed by atoms with Crippen LogP contribution in [-0.4, -0.2) is 19.5 Å². The zero-order valence-electron chi connectivity index (χ0n) is 25.2. The zero-order valence-corrected chi connectivity index (χ0v) is 25.2. The number of allylic oxidation sites excluding steroid dienone is 3. The van der Waals surface area contributed by atoms with Gasteiger partial charge in [0, 0.05) is 44.1 Å². The van der Waals surface area contributed by atoms with Crippen LogP contribution in [-0.2, 0) is 6.67 Å². The largest absolute Gasteiger partial charge is 0.320 e. The topological polar surface area (TPSA) is 27.1 Å². The van der Waals surface area contributed by atoms with E-state index in [-0.39, 0.29) is 0 Å². The average Bonchev–Trinajstić information content (AvgIpc) is 3.75. The molecule has 0 spiro atoms. The Morgan fingerprint density at radius 3 is 1.17 bits per heavy atom. The van der Waals surface area contributed by atoms with Crippen molar-refractivity contribution >= 4 is 77.0 Å². The third-order valence-electron chi connectivity index (χ3n) is 9.19. The average molecular weight is 591 g/mol. The SMILES string of the molecule is C=C/C(=C\C(=N/Cn1c2ccccc2c2ccccc21)n1c2ccccc2c2ccccc21)n1c2ccccc2c2ccccc21. The molecule has 0 unspecified atom stereocenters. The Balaban J connectivity index is 1.34. The second kappa shape index (κ2) is 10.5. The summed E-state index contributed by atoms with van der Waals surface area (Å²) >= 11 is 0. The molecule has 0 aliphatic rings. The van der Waals surface area contributed by atoms with Crippen molar-refractivity contribution in [1.29, 1.82) is 0 Å². The number of para-hydroxylation sites is 6. The van der Waals surface area contributed by atoms with E-state index >= 15 is 0 Å². The van der Waals surface area contributed by atoms with Crippen LogP contribution in [0.5, 0.6) is 0 Å². The standard InChI is InChI=1S/C42H30N4/c1-2-29(45-38-23-11-5-17-32(38)33-18-6-12-24-39(33)45)27-42(46-40-25-13-7-19-34(40)35-20-8-14-26-41(35)46)43-28-44-36-21-9-3-15-30(36)31-16-4-10-22-37(31)44/h2-27H,1,28H2/b29-27+,43-42+. The maximum Gasteiger partial charge on any atom is 0.136 e. The molecule has 4 nitrogen and oxygen atoms in total. The second-order valence-electron chi connectivity index (χ2n) is 11.6. The highest BCUT2D eigenvalue weighted by molar-refractivity contribution is 6.18. The maximum atomic E-state index is 5.47. The molecule has 46 heavy (non-hydrogen) atoms.